The molecule has 0 saturated heterocycles. The molecule has 0 saturated carbocycles. The molecule has 0 aliphatic rings. The average Bonchev–Trinajstić information content (AvgIpc) is 2.76. The maximum atomic E-state index is 5.93. The monoisotopic (exact) mass is 275 g/mol. The molecule has 2 rings (SSSR count). The molecule has 0 atom stereocenters. The fourth-order valence-electron chi connectivity index (χ4n) is 1.83. The van der Waals surface area contributed by atoms with Crippen LogP contribution in [0.5, 0.6) is 0 Å². The summed E-state index contributed by atoms with van der Waals surface area (Å²) in [4.78, 5) is 10.9. The van der Waals surface area contributed by atoms with E-state index in [1.807, 2.05) is 46.0 Å². The van der Waals surface area contributed by atoms with Crippen molar-refractivity contribution in [2.75, 3.05) is 7.05 Å². The highest BCUT2D eigenvalue weighted by Gasteiger charge is 2.21. The molecule has 0 aromatic carbocycles. The Labute approximate surface area is 119 Å². The topological polar surface area (TPSA) is 81.1 Å². The Morgan fingerprint density at radius 3 is 2.60 bits per heavy atom. The largest absolute Gasteiger partial charge is 0.338 e. The lowest BCUT2D eigenvalue weighted by Crippen LogP contribution is -2.30. The van der Waals surface area contributed by atoms with Crippen molar-refractivity contribution in [3.63, 3.8) is 0 Å². The van der Waals surface area contributed by atoms with Crippen LogP contribution in [-0.4, -0.2) is 27.1 Å². The van der Waals surface area contributed by atoms with Crippen molar-refractivity contribution in [1.82, 2.24) is 20.0 Å². The molecule has 108 valence electrons. The van der Waals surface area contributed by atoms with Gasteiger partial charge < -0.3 is 10.3 Å². The standard InChI is InChI=1S/C14H21N5O/c1-10-6-5-7-11(16-10)8-19(4)9-12-17-13(18-20-12)14(2,3)15/h5-7H,8-9,15H2,1-4H3. The zero-order valence-corrected chi connectivity index (χ0v) is 12.4. The van der Waals surface area contributed by atoms with E-state index in [0.29, 0.717) is 18.3 Å². The highest BCUT2D eigenvalue weighted by molar-refractivity contribution is 5.09. The Balaban J connectivity index is 1.98. The Kier molecular flexibility index (Phi) is 4.15. The van der Waals surface area contributed by atoms with E-state index in [2.05, 4.69) is 20.0 Å². The van der Waals surface area contributed by atoms with Gasteiger partial charge in [-0.3, -0.25) is 9.88 Å². The molecule has 0 amide bonds. The van der Waals surface area contributed by atoms with Crippen molar-refractivity contribution in [3.05, 3.63) is 41.3 Å². The number of hydrogen-bond donors (Lipinski definition) is 1. The molecule has 0 radical (unpaired) electrons. The van der Waals surface area contributed by atoms with Crippen molar-refractivity contribution >= 4 is 0 Å². The second-order valence-electron chi connectivity index (χ2n) is 5.68. The minimum absolute atomic E-state index is 0.523. The summed E-state index contributed by atoms with van der Waals surface area (Å²) in [7, 11) is 1.99. The Morgan fingerprint density at radius 1 is 1.25 bits per heavy atom. The van der Waals surface area contributed by atoms with E-state index in [9.17, 15) is 0 Å². The van der Waals surface area contributed by atoms with Gasteiger partial charge in [0.15, 0.2) is 5.82 Å². The lowest BCUT2D eigenvalue weighted by molar-refractivity contribution is 0.257. The number of rotatable bonds is 5. The third kappa shape index (κ3) is 3.85. The van der Waals surface area contributed by atoms with Gasteiger partial charge in [-0.15, -0.1) is 0 Å². The van der Waals surface area contributed by atoms with Gasteiger partial charge in [-0.25, -0.2) is 0 Å². The first-order chi connectivity index (χ1) is 9.34. The van der Waals surface area contributed by atoms with Crippen LogP contribution in [0.1, 0.15) is 37.0 Å². The van der Waals surface area contributed by atoms with Crippen LogP contribution in [0.3, 0.4) is 0 Å². The van der Waals surface area contributed by atoms with Gasteiger partial charge in [0, 0.05) is 12.2 Å². The summed E-state index contributed by atoms with van der Waals surface area (Å²) in [6.45, 7) is 6.98. The number of nitrogens with zero attached hydrogens (tertiary/aromatic N) is 4. The van der Waals surface area contributed by atoms with Gasteiger partial charge in [-0.05, 0) is 40.0 Å². The molecular weight excluding hydrogens is 254 g/mol. The molecule has 0 unspecified atom stereocenters. The third-order valence-corrected chi connectivity index (χ3v) is 2.83. The summed E-state index contributed by atoms with van der Waals surface area (Å²) in [6.07, 6.45) is 0. The van der Waals surface area contributed by atoms with E-state index in [-0.39, 0.29) is 0 Å². The quantitative estimate of drug-likeness (QED) is 0.892. The smallest absolute Gasteiger partial charge is 0.240 e. The van der Waals surface area contributed by atoms with Crippen molar-refractivity contribution in [2.45, 2.75) is 39.4 Å². The summed E-state index contributed by atoms with van der Waals surface area (Å²) in [6, 6.07) is 6.00. The second-order valence-corrected chi connectivity index (χ2v) is 5.68. The van der Waals surface area contributed by atoms with Gasteiger partial charge in [-0.2, -0.15) is 4.98 Å². The van der Waals surface area contributed by atoms with E-state index in [1.54, 1.807) is 0 Å². The number of aromatic nitrogens is 3. The van der Waals surface area contributed by atoms with Crippen LogP contribution in [0.25, 0.3) is 0 Å². The predicted octanol–water partition coefficient (Wildman–Crippen LogP) is 1.60. The second kappa shape index (κ2) is 5.68. The van der Waals surface area contributed by atoms with Gasteiger partial charge in [0.1, 0.15) is 0 Å². The highest BCUT2D eigenvalue weighted by Crippen LogP contribution is 2.13. The average molecular weight is 275 g/mol. The highest BCUT2D eigenvalue weighted by atomic mass is 16.5. The van der Waals surface area contributed by atoms with Gasteiger partial charge in [-0.1, -0.05) is 11.2 Å². The number of nitrogens with two attached hydrogens (primary N) is 1. The van der Waals surface area contributed by atoms with Crippen LogP contribution in [0.4, 0.5) is 0 Å². The van der Waals surface area contributed by atoms with E-state index in [0.717, 1.165) is 17.9 Å². The molecule has 0 spiro atoms. The third-order valence-electron chi connectivity index (χ3n) is 2.83. The molecule has 0 bridgehead atoms. The normalized spacial score (nSPS) is 12.1. The van der Waals surface area contributed by atoms with Crippen molar-refractivity contribution in [2.24, 2.45) is 5.73 Å². The minimum Gasteiger partial charge on any atom is -0.338 e. The van der Waals surface area contributed by atoms with Crippen LogP contribution in [0.2, 0.25) is 0 Å². The van der Waals surface area contributed by atoms with E-state index in [1.165, 1.54) is 0 Å². The minimum atomic E-state index is -0.585. The summed E-state index contributed by atoms with van der Waals surface area (Å²) in [5.74, 6) is 1.09. The van der Waals surface area contributed by atoms with Gasteiger partial charge in [0.2, 0.25) is 5.89 Å². The maximum Gasteiger partial charge on any atom is 0.240 e. The van der Waals surface area contributed by atoms with Crippen molar-refractivity contribution in [3.8, 4) is 0 Å². The Bertz CT molecular complexity index is 573. The lowest BCUT2D eigenvalue weighted by atomic mass is 10.1. The van der Waals surface area contributed by atoms with Crippen LogP contribution >= 0.6 is 0 Å². The first kappa shape index (κ1) is 14.6. The molecule has 6 nitrogen and oxygen atoms in total. The van der Waals surface area contributed by atoms with E-state index >= 15 is 0 Å². The molecule has 0 fully saturated rings. The van der Waals surface area contributed by atoms with Gasteiger partial charge in [0.05, 0.1) is 17.8 Å². The first-order valence-electron chi connectivity index (χ1n) is 6.57. The number of pyridine rings is 1. The summed E-state index contributed by atoms with van der Waals surface area (Å²) >= 11 is 0. The summed E-state index contributed by atoms with van der Waals surface area (Å²) in [5, 5.41) is 3.91. The number of aryl methyl sites for hydroxylation is 1. The van der Waals surface area contributed by atoms with E-state index in [4.69, 9.17) is 10.3 Å². The zero-order valence-electron chi connectivity index (χ0n) is 12.4. The molecule has 2 heterocycles. The molecule has 20 heavy (non-hydrogen) atoms. The molecule has 2 N–H and O–H groups in total. The summed E-state index contributed by atoms with van der Waals surface area (Å²) in [5.41, 5.74) is 7.38. The van der Waals surface area contributed by atoms with Gasteiger partial charge >= 0.3 is 0 Å². The Morgan fingerprint density at radius 2 is 2.00 bits per heavy atom. The van der Waals surface area contributed by atoms with Crippen molar-refractivity contribution < 1.29 is 4.52 Å². The summed E-state index contributed by atoms with van der Waals surface area (Å²) < 4.78 is 5.22. The fraction of sp³-hybridized carbons (Fsp3) is 0.500. The zero-order chi connectivity index (χ0) is 14.8. The predicted molar refractivity (Wildman–Crippen MR) is 75.7 cm³/mol. The molecular formula is C14H21N5O. The SMILES string of the molecule is Cc1cccc(CN(C)Cc2nc(C(C)(C)N)no2)n1. The molecule has 2 aromatic heterocycles. The maximum absolute atomic E-state index is 5.93. The molecule has 0 aliphatic heterocycles. The first-order valence-corrected chi connectivity index (χ1v) is 6.57. The Hall–Kier alpha value is -1.79. The van der Waals surface area contributed by atoms with Crippen LogP contribution in [-0.2, 0) is 18.6 Å². The number of hydrogen-bond acceptors (Lipinski definition) is 6. The lowest BCUT2D eigenvalue weighted by Gasteiger charge is -2.14. The molecule has 2 aromatic rings. The molecule has 0 aliphatic carbocycles. The van der Waals surface area contributed by atoms with Gasteiger partial charge in [0.25, 0.3) is 0 Å². The van der Waals surface area contributed by atoms with Crippen molar-refractivity contribution in [1.29, 1.82) is 0 Å². The van der Waals surface area contributed by atoms with Crippen LogP contribution in [0.15, 0.2) is 22.7 Å². The van der Waals surface area contributed by atoms with Crippen LogP contribution in [0, 0.1) is 6.92 Å². The molecule has 6 heteroatoms. The fourth-order valence-corrected chi connectivity index (χ4v) is 1.83. The van der Waals surface area contributed by atoms with Crippen LogP contribution < -0.4 is 5.73 Å². The van der Waals surface area contributed by atoms with E-state index < -0.39 is 5.54 Å².